The van der Waals surface area contributed by atoms with Crippen molar-refractivity contribution in [3.8, 4) is 16.8 Å². The van der Waals surface area contributed by atoms with Crippen molar-refractivity contribution in [1.82, 2.24) is 29.2 Å². The van der Waals surface area contributed by atoms with Crippen LogP contribution in [-0.4, -0.2) is 42.9 Å². The van der Waals surface area contributed by atoms with Gasteiger partial charge in [-0.3, -0.25) is 14.3 Å². The molecular formula is C29H28N8O2. The van der Waals surface area contributed by atoms with Crippen LogP contribution in [0.4, 0.5) is 11.5 Å². The largest absolute Gasteiger partial charge is 0.383 e. The molecule has 196 valence electrons. The third-order valence-electron chi connectivity index (χ3n) is 7.75. The van der Waals surface area contributed by atoms with E-state index >= 15 is 0 Å². The fourth-order valence-electron chi connectivity index (χ4n) is 5.69. The number of anilines is 2. The Bertz CT molecular complexity index is 1760. The Balaban J connectivity index is 1.21. The summed E-state index contributed by atoms with van der Waals surface area (Å²) in [6, 6.07) is 17.4. The number of benzene rings is 2. The molecule has 0 unspecified atom stereocenters. The van der Waals surface area contributed by atoms with Crippen molar-refractivity contribution in [2.24, 2.45) is 0 Å². The minimum atomic E-state index is -0.389. The molecule has 4 N–H and O–H groups in total. The molecule has 10 nitrogen and oxygen atoms in total. The van der Waals surface area contributed by atoms with Gasteiger partial charge in [-0.05, 0) is 49.1 Å². The zero-order valence-electron chi connectivity index (χ0n) is 21.3. The van der Waals surface area contributed by atoms with Crippen molar-refractivity contribution in [3.63, 3.8) is 0 Å². The fraction of sp³-hybridized carbons (Fsp3) is 0.241. The molecule has 0 spiro atoms. The van der Waals surface area contributed by atoms with Gasteiger partial charge in [-0.25, -0.2) is 14.6 Å². The lowest BCUT2D eigenvalue weighted by atomic mass is 10.0. The van der Waals surface area contributed by atoms with Gasteiger partial charge in [0.2, 0.25) is 0 Å². The number of carbonyl (C=O) groups is 1. The molecule has 1 amide bonds. The molecule has 5 aromatic rings. The first kappa shape index (κ1) is 23.4. The van der Waals surface area contributed by atoms with E-state index in [2.05, 4.69) is 31.4 Å². The second-order valence-electron chi connectivity index (χ2n) is 10.1. The molecular weight excluding hydrogens is 492 g/mol. The molecule has 0 atom stereocenters. The first-order valence-corrected chi connectivity index (χ1v) is 13.2. The molecule has 0 radical (unpaired) electrons. The fourth-order valence-corrected chi connectivity index (χ4v) is 5.69. The van der Waals surface area contributed by atoms with Crippen LogP contribution in [0.2, 0.25) is 0 Å². The highest BCUT2D eigenvalue weighted by molar-refractivity contribution is 6.05. The summed E-state index contributed by atoms with van der Waals surface area (Å²) in [5.41, 5.74) is 11.1. The molecule has 1 fully saturated rings. The molecule has 0 saturated carbocycles. The number of hydrogen-bond donors (Lipinski definition) is 3. The van der Waals surface area contributed by atoms with Crippen molar-refractivity contribution in [2.75, 3.05) is 24.1 Å². The van der Waals surface area contributed by atoms with Crippen molar-refractivity contribution in [3.05, 3.63) is 88.7 Å². The highest BCUT2D eigenvalue weighted by Crippen LogP contribution is 2.35. The lowest BCUT2D eigenvalue weighted by Gasteiger charge is -2.28. The minimum Gasteiger partial charge on any atom is -0.383 e. The van der Waals surface area contributed by atoms with E-state index in [1.165, 1.54) is 6.33 Å². The van der Waals surface area contributed by atoms with E-state index in [9.17, 15) is 9.59 Å². The summed E-state index contributed by atoms with van der Waals surface area (Å²) in [7, 11) is 0. The van der Waals surface area contributed by atoms with Crippen LogP contribution in [0.25, 0.3) is 27.8 Å². The Morgan fingerprint density at radius 1 is 1.03 bits per heavy atom. The Hall–Kier alpha value is -4.70. The Labute approximate surface area is 224 Å². The maximum absolute atomic E-state index is 13.5. The molecule has 1 saturated heterocycles. The Morgan fingerprint density at radius 3 is 2.56 bits per heavy atom. The summed E-state index contributed by atoms with van der Waals surface area (Å²) in [5.74, 6) is 0.0476. The van der Waals surface area contributed by atoms with Crippen LogP contribution < -0.4 is 21.9 Å². The number of amides is 1. The van der Waals surface area contributed by atoms with Crippen LogP contribution in [0.1, 0.15) is 34.9 Å². The van der Waals surface area contributed by atoms with Crippen LogP contribution in [-0.2, 0) is 13.0 Å². The van der Waals surface area contributed by atoms with Crippen LogP contribution in [0.5, 0.6) is 0 Å². The summed E-state index contributed by atoms with van der Waals surface area (Å²) in [5, 5.41) is 7.08. The number of nitrogens with one attached hydrogen (secondary N) is 2. The van der Waals surface area contributed by atoms with Crippen molar-refractivity contribution in [2.45, 2.75) is 31.8 Å². The highest BCUT2D eigenvalue weighted by Gasteiger charge is 2.28. The van der Waals surface area contributed by atoms with Gasteiger partial charge >= 0.3 is 0 Å². The van der Waals surface area contributed by atoms with Crippen LogP contribution in [0, 0.1) is 0 Å². The maximum Gasteiger partial charge on any atom is 0.284 e. The third-order valence-corrected chi connectivity index (χ3v) is 7.75. The second kappa shape index (κ2) is 9.25. The van der Waals surface area contributed by atoms with Gasteiger partial charge < -0.3 is 20.9 Å². The Kier molecular flexibility index (Phi) is 5.55. The van der Waals surface area contributed by atoms with Gasteiger partial charge in [0, 0.05) is 37.1 Å². The molecule has 39 heavy (non-hydrogen) atoms. The number of nitrogens with zero attached hydrogens (tertiary/aromatic N) is 5. The number of carbonyl (C=O) groups excluding carboxylic acids is 1. The van der Waals surface area contributed by atoms with E-state index in [4.69, 9.17) is 5.73 Å². The summed E-state index contributed by atoms with van der Waals surface area (Å²) in [4.78, 5) is 35.7. The SMILES string of the molecule is Nc1ncnc2c1c(-c1ccc(NC(=O)c3c4n(n(-c5ccccc5)c3=O)CCCC4)cc1)cn2C1CNC1. The summed E-state index contributed by atoms with van der Waals surface area (Å²) in [6.07, 6.45) is 6.19. The monoisotopic (exact) mass is 520 g/mol. The second-order valence-corrected chi connectivity index (χ2v) is 10.1. The van der Waals surface area contributed by atoms with E-state index in [1.54, 1.807) is 4.68 Å². The molecule has 0 aliphatic carbocycles. The Morgan fingerprint density at radius 2 is 1.82 bits per heavy atom. The summed E-state index contributed by atoms with van der Waals surface area (Å²) < 4.78 is 5.74. The number of nitrogens with two attached hydrogens (primary N) is 1. The van der Waals surface area contributed by atoms with Crippen molar-refractivity contribution in [1.29, 1.82) is 0 Å². The standard InChI is InChI=1S/C29H28N8O2/c30-26-24-22(16-35(21-14-31-15-21)27(24)33-17-32-26)18-9-11-19(12-10-18)34-28(38)25-23-8-4-5-13-36(23)37(29(25)39)20-6-2-1-3-7-20/h1-3,6-7,9-12,16-17,21,31H,4-5,8,13-15H2,(H,34,38)(H2,30,32,33). The zero-order valence-corrected chi connectivity index (χ0v) is 21.3. The number of nitrogen functional groups attached to an aromatic ring is 1. The molecule has 2 aliphatic rings. The molecule has 0 bridgehead atoms. The predicted octanol–water partition coefficient (Wildman–Crippen LogP) is 3.37. The average Bonchev–Trinajstić information content (AvgIpc) is 3.44. The lowest BCUT2D eigenvalue weighted by Crippen LogP contribution is -2.43. The number of hydrogen-bond acceptors (Lipinski definition) is 6. The van der Waals surface area contributed by atoms with Gasteiger partial charge in [0.05, 0.1) is 22.8 Å². The van der Waals surface area contributed by atoms with Crippen LogP contribution in [0.3, 0.4) is 0 Å². The number of rotatable bonds is 5. The first-order valence-electron chi connectivity index (χ1n) is 13.2. The van der Waals surface area contributed by atoms with Crippen molar-refractivity contribution >= 4 is 28.4 Å². The molecule has 2 aromatic carbocycles. The van der Waals surface area contributed by atoms with E-state index in [1.807, 2.05) is 59.3 Å². The predicted molar refractivity (Wildman–Crippen MR) is 150 cm³/mol. The van der Waals surface area contributed by atoms with E-state index in [0.717, 1.165) is 59.5 Å². The molecule has 5 heterocycles. The van der Waals surface area contributed by atoms with Gasteiger partial charge in [-0.2, -0.15) is 0 Å². The summed E-state index contributed by atoms with van der Waals surface area (Å²) in [6.45, 7) is 2.47. The van der Waals surface area contributed by atoms with Gasteiger partial charge in [-0.1, -0.05) is 30.3 Å². The average molecular weight is 521 g/mol. The molecule has 2 aliphatic heterocycles. The van der Waals surface area contributed by atoms with Gasteiger partial charge in [0.1, 0.15) is 23.4 Å². The van der Waals surface area contributed by atoms with E-state index in [-0.39, 0.29) is 17.0 Å². The first-order chi connectivity index (χ1) is 19.1. The lowest BCUT2D eigenvalue weighted by molar-refractivity contribution is 0.102. The van der Waals surface area contributed by atoms with E-state index in [0.29, 0.717) is 30.5 Å². The summed E-state index contributed by atoms with van der Waals surface area (Å²) >= 11 is 0. The van der Waals surface area contributed by atoms with E-state index < -0.39 is 0 Å². The maximum atomic E-state index is 13.5. The van der Waals surface area contributed by atoms with Crippen LogP contribution in [0.15, 0.2) is 71.9 Å². The molecule has 3 aromatic heterocycles. The van der Waals surface area contributed by atoms with Crippen molar-refractivity contribution < 1.29 is 4.79 Å². The minimum absolute atomic E-state index is 0.213. The normalized spacial score (nSPS) is 15.2. The third kappa shape index (κ3) is 3.83. The highest BCUT2D eigenvalue weighted by atomic mass is 16.2. The number of para-hydroxylation sites is 1. The smallest absolute Gasteiger partial charge is 0.284 e. The van der Waals surface area contributed by atoms with Crippen LogP contribution >= 0.6 is 0 Å². The number of fused-ring (bicyclic) bond motifs is 2. The quantitative estimate of drug-likeness (QED) is 0.326. The zero-order chi connectivity index (χ0) is 26.5. The molecule has 7 rings (SSSR count). The molecule has 10 heteroatoms. The van der Waals surface area contributed by atoms with Gasteiger partial charge in [0.25, 0.3) is 11.5 Å². The van der Waals surface area contributed by atoms with Gasteiger partial charge in [0.15, 0.2) is 0 Å². The topological polar surface area (TPSA) is 125 Å². The van der Waals surface area contributed by atoms with Gasteiger partial charge in [-0.15, -0.1) is 0 Å². The number of aromatic nitrogens is 5.